The van der Waals surface area contributed by atoms with E-state index in [0.717, 1.165) is 77.0 Å². The molecule has 2 N–H and O–H groups in total. The molecule has 9 heteroatoms. The van der Waals surface area contributed by atoms with E-state index in [1.807, 2.05) is 0 Å². The Morgan fingerprint density at radius 2 is 1.60 bits per heavy atom. The molecule has 0 bridgehead atoms. The van der Waals surface area contributed by atoms with Crippen molar-refractivity contribution in [3.63, 3.8) is 0 Å². The molecule has 12 unspecified atom stereocenters. The largest absolute Gasteiger partial charge is 0.481 e. The number of carbonyl (C=O) groups is 3. The highest BCUT2D eigenvalue weighted by atomic mass is 16.5. The van der Waals surface area contributed by atoms with Crippen LogP contribution in [0.5, 0.6) is 0 Å². The van der Waals surface area contributed by atoms with Gasteiger partial charge in [0.05, 0.1) is 17.3 Å². The quantitative estimate of drug-likeness (QED) is 0.177. The number of hydrogen-bond acceptors (Lipinski definition) is 7. The summed E-state index contributed by atoms with van der Waals surface area (Å²) in [6.07, 6.45) is 11.6. The number of ether oxygens (including phenoxy) is 1. The molecule has 0 radical (unpaired) electrons. The van der Waals surface area contributed by atoms with E-state index in [0.29, 0.717) is 41.4 Å². The molecule has 0 aliphatic heterocycles. The van der Waals surface area contributed by atoms with E-state index in [4.69, 9.17) is 9.15 Å². The third kappa shape index (κ3) is 6.38. The van der Waals surface area contributed by atoms with Gasteiger partial charge in [0.2, 0.25) is 17.7 Å². The first-order valence-electron chi connectivity index (χ1n) is 22.6. The Morgan fingerprint density at radius 3 is 2.23 bits per heavy atom. The van der Waals surface area contributed by atoms with Crippen LogP contribution in [0.25, 0.3) is 0 Å². The minimum atomic E-state index is -1.16. The van der Waals surface area contributed by atoms with Gasteiger partial charge in [-0.2, -0.15) is 0 Å². The van der Waals surface area contributed by atoms with E-state index in [2.05, 4.69) is 91.3 Å². The molecule has 6 aliphatic carbocycles. The van der Waals surface area contributed by atoms with Gasteiger partial charge in [-0.25, -0.2) is 0 Å². The predicted octanol–water partition coefficient (Wildman–Crippen LogP) is 10.3. The fourth-order valence-corrected chi connectivity index (χ4v) is 15.1. The Kier molecular flexibility index (Phi) is 10.4. The van der Waals surface area contributed by atoms with E-state index < -0.39 is 17.4 Å². The van der Waals surface area contributed by atoms with Crippen LogP contribution in [0.1, 0.15) is 178 Å². The van der Waals surface area contributed by atoms with Crippen molar-refractivity contribution in [2.24, 2.45) is 73.4 Å². The van der Waals surface area contributed by atoms with E-state index in [9.17, 15) is 14.7 Å². The van der Waals surface area contributed by atoms with Gasteiger partial charge >= 0.3 is 11.9 Å². The molecule has 1 aromatic rings. The minimum Gasteiger partial charge on any atom is -0.481 e. The minimum absolute atomic E-state index is 0.0626. The van der Waals surface area contributed by atoms with Crippen LogP contribution in [0.4, 0.5) is 0 Å². The summed E-state index contributed by atoms with van der Waals surface area (Å²) >= 11 is 0. The van der Waals surface area contributed by atoms with Crippen LogP contribution in [0.3, 0.4) is 0 Å². The average molecular weight is 790 g/mol. The molecule has 1 heterocycles. The van der Waals surface area contributed by atoms with Crippen LogP contribution >= 0.6 is 0 Å². The van der Waals surface area contributed by atoms with Crippen molar-refractivity contribution in [1.82, 2.24) is 15.5 Å². The first kappa shape index (κ1) is 42.4. The SMILES string of the molecule is C=C(C)C1CCC2(C(=O)NC3CC(c4nnc(CC(C)C)o4)C3(C)C)CCC3(C)C(CCC4C5(C)CCC(OC(=O)CC(C)(C)C(=O)O)C(C)(C)C5CCC43C)C12. The molecule has 0 aromatic carbocycles. The number of amides is 1. The number of nitrogens with zero attached hydrogens (tertiary/aromatic N) is 2. The average Bonchev–Trinajstić information content (AvgIpc) is 3.72. The van der Waals surface area contributed by atoms with Gasteiger partial charge in [0.15, 0.2) is 0 Å². The number of nitrogens with one attached hydrogen (secondary N) is 1. The van der Waals surface area contributed by atoms with Crippen molar-refractivity contribution in [2.45, 2.75) is 185 Å². The molecule has 9 nitrogen and oxygen atoms in total. The number of carbonyl (C=O) groups excluding carboxylic acids is 2. The lowest BCUT2D eigenvalue weighted by Gasteiger charge is -2.73. The fraction of sp³-hybridized carbons (Fsp3) is 0.854. The van der Waals surface area contributed by atoms with Crippen LogP contribution in [0, 0.1) is 73.4 Å². The number of aromatic nitrogens is 2. The van der Waals surface area contributed by atoms with Crippen LogP contribution in [-0.4, -0.2) is 45.3 Å². The standard InChI is InChI=1S/C48H75N3O6/c1-27(2)24-36-50-51-39(57-36)31-25-34(43(31,7)8)49-40(53)48-21-16-29(28(3)4)38(48)30-14-15-33-45(11)19-18-35(56-37(52)26-42(5,6)41(54)55)44(9,10)32(45)17-20-47(33,13)46(30,12)22-23-48/h27,29-35,38H,3,14-26H2,1-2,4-13H3,(H,49,53)(H,54,55). The normalized spacial score (nSPS) is 41.8. The Hall–Kier alpha value is -2.71. The van der Waals surface area contributed by atoms with Gasteiger partial charge in [-0.15, -0.1) is 10.2 Å². The van der Waals surface area contributed by atoms with Crippen molar-refractivity contribution < 1.29 is 28.6 Å². The van der Waals surface area contributed by atoms with Crippen molar-refractivity contribution in [1.29, 1.82) is 0 Å². The summed E-state index contributed by atoms with van der Waals surface area (Å²) in [6.45, 7) is 31.2. The maximum atomic E-state index is 15.0. The maximum Gasteiger partial charge on any atom is 0.309 e. The molecule has 318 valence electrons. The first-order chi connectivity index (χ1) is 26.3. The van der Waals surface area contributed by atoms with Gasteiger partial charge in [0.1, 0.15) is 6.10 Å². The zero-order valence-corrected chi connectivity index (χ0v) is 37.5. The Bertz CT molecular complexity index is 1780. The lowest BCUT2D eigenvalue weighted by molar-refractivity contribution is -0.249. The second-order valence-electron chi connectivity index (χ2n) is 23.3. The fourth-order valence-electron chi connectivity index (χ4n) is 15.1. The van der Waals surface area contributed by atoms with Gasteiger partial charge in [0, 0.05) is 23.8 Å². The highest BCUT2D eigenvalue weighted by molar-refractivity contribution is 5.84. The lowest BCUT2D eigenvalue weighted by Crippen LogP contribution is -2.68. The summed E-state index contributed by atoms with van der Waals surface area (Å²) in [5, 5.41) is 22.1. The number of carboxylic acid groups (broad SMARTS) is 1. The zero-order chi connectivity index (χ0) is 41.9. The molecule has 7 rings (SSSR count). The number of aliphatic carboxylic acids is 1. The van der Waals surface area contributed by atoms with Crippen LogP contribution in [0.2, 0.25) is 0 Å². The van der Waals surface area contributed by atoms with Gasteiger partial charge in [-0.3, -0.25) is 14.4 Å². The van der Waals surface area contributed by atoms with E-state index in [1.54, 1.807) is 13.8 Å². The summed E-state index contributed by atoms with van der Waals surface area (Å²) in [7, 11) is 0. The third-order valence-electron chi connectivity index (χ3n) is 18.8. The third-order valence-corrected chi connectivity index (χ3v) is 18.8. The molecule has 6 fully saturated rings. The number of allylic oxidation sites excluding steroid dienone is 1. The van der Waals surface area contributed by atoms with E-state index in [1.165, 1.54) is 5.57 Å². The molecule has 0 saturated heterocycles. The predicted molar refractivity (Wildman–Crippen MR) is 221 cm³/mol. The Balaban J connectivity index is 1.10. The van der Waals surface area contributed by atoms with Crippen LogP contribution in [0.15, 0.2) is 16.6 Å². The van der Waals surface area contributed by atoms with Gasteiger partial charge in [0.25, 0.3) is 0 Å². The van der Waals surface area contributed by atoms with Crippen molar-refractivity contribution >= 4 is 17.8 Å². The summed E-state index contributed by atoms with van der Waals surface area (Å²) in [6, 6.07) is 0.0626. The second kappa shape index (κ2) is 13.9. The number of carboxylic acids is 1. The Labute approximate surface area is 343 Å². The van der Waals surface area contributed by atoms with Crippen LogP contribution in [-0.2, 0) is 25.5 Å². The molecule has 0 spiro atoms. The van der Waals surface area contributed by atoms with Gasteiger partial charge < -0.3 is 19.6 Å². The smallest absolute Gasteiger partial charge is 0.309 e. The van der Waals surface area contributed by atoms with E-state index >= 15 is 4.79 Å². The lowest BCUT2D eigenvalue weighted by atomic mass is 9.32. The van der Waals surface area contributed by atoms with E-state index in [-0.39, 0.29) is 68.8 Å². The van der Waals surface area contributed by atoms with Crippen molar-refractivity contribution in [3.05, 3.63) is 23.9 Å². The van der Waals surface area contributed by atoms with Gasteiger partial charge in [-0.1, -0.05) is 74.5 Å². The number of rotatable bonds is 10. The van der Waals surface area contributed by atoms with Gasteiger partial charge in [-0.05, 0) is 149 Å². The summed E-state index contributed by atoms with van der Waals surface area (Å²) < 4.78 is 12.4. The molecule has 57 heavy (non-hydrogen) atoms. The molecular weight excluding hydrogens is 715 g/mol. The second-order valence-corrected chi connectivity index (χ2v) is 23.3. The van der Waals surface area contributed by atoms with Crippen LogP contribution < -0.4 is 5.32 Å². The molecule has 1 aromatic heterocycles. The number of esters is 1. The zero-order valence-electron chi connectivity index (χ0n) is 37.5. The Morgan fingerprint density at radius 1 is 0.895 bits per heavy atom. The maximum absolute atomic E-state index is 15.0. The summed E-state index contributed by atoms with van der Waals surface area (Å²) in [5.74, 6) is 2.90. The molecule has 12 atom stereocenters. The summed E-state index contributed by atoms with van der Waals surface area (Å²) in [4.78, 5) is 40.0. The highest BCUT2D eigenvalue weighted by Crippen LogP contribution is 2.77. The highest BCUT2D eigenvalue weighted by Gasteiger charge is 2.72. The molecule has 6 saturated carbocycles. The first-order valence-corrected chi connectivity index (χ1v) is 22.6. The topological polar surface area (TPSA) is 132 Å². The summed E-state index contributed by atoms with van der Waals surface area (Å²) in [5.41, 5.74) is -0.385. The monoisotopic (exact) mass is 790 g/mol. The molecular formula is C48H75N3O6. The van der Waals surface area contributed by atoms with Crippen molar-refractivity contribution in [3.8, 4) is 0 Å². The number of fused-ring (bicyclic) bond motifs is 7. The number of hydrogen-bond donors (Lipinski definition) is 2. The van der Waals surface area contributed by atoms with Crippen molar-refractivity contribution in [2.75, 3.05) is 0 Å². The molecule has 1 amide bonds. The molecule has 6 aliphatic rings.